The summed E-state index contributed by atoms with van der Waals surface area (Å²) in [6.07, 6.45) is 4.97. The van der Waals surface area contributed by atoms with Crippen LogP contribution in [0.2, 0.25) is 0 Å². The molecule has 3 rings (SSSR count). The first-order valence-corrected chi connectivity index (χ1v) is 6.55. The van der Waals surface area contributed by atoms with Crippen LogP contribution in [0.15, 0.2) is 55.0 Å². The number of nitrogens with zero attached hydrogens (tertiary/aromatic N) is 2. The highest BCUT2D eigenvalue weighted by molar-refractivity contribution is 6.04. The van der Waals surface area contributed by atoms with Crippen LogP contribution in [-0.4, -0.2) is 21.1 Å². The first kappa shape index (κ1) is 13.1. The van der Waals surface area contributed by atoms with E-state index in [4.69, 9.17) is 0 Å². The molecule has 2 aromatic heterocycles. The Morgan fingerprint density at radius 2 is 2.10 bits per heavy atom. The lowest BCUT2D eigenvalue weighted by molar-refractivity contribution is 0.102. The fourth-order valence-electron chi connectivity index (χ4n) is 2.06. The van der Waals surface area contributed by atoms with Gasteiger partial charge in [-0.25, -0.2) is 0 Å². The fourth-order valence-corrected chi connectivity index (χ4v) is 2.06. The largest absolute Gasteiger partial charge is 0.322 e. The second-order valence-electron chi connectivity index (χ2n) is 4.76. The van der Waals surface area contributed by atoms with Crippen molar-refractivity contribution in [3.8, 4) is 11.3 Å². The quantitative estimate of drug-likeness (QED) is 0.773. The van der Waals surface area contributed by atoms with Gasteiger partial charge in [-0.1, -0.05) is 12.1 Å². The lowest BCUT2D eigenvalue weighted by Crippen LogP contribution is -2.12. The van der Waals surface area contributed by atoms with Crippen LogP contribution in [0.4, 0.5) is 5.69 Å². The summed E-state index contributed by atoms with van der Waals surface area (Å²) in [5, 5.41) is 9.70. The van der Waals surface area contributed by atoms with Crippen molar-refractivity contribution in [2.45, 2.75) is 6.92 Å². The smallest absolute Gasteiger partial charge is 0.257 e. The number of hydrogen-bond acceptors (Lipinski definition) is 3. The summed E-state index contributed by atoms with van der Waals surface area (Å²) in [5.41, 5.74) is 4.10. The number of H-pyrrole nitrogens is 1. The Morgan fingerprint density at radius 3 is 2.86 bits per heavy atom. The van der Waals surface area contributed by atoms with E-state index in [-0.39, 0.29) is 5.91 Å². The molecule has 0 saturated heterocycles. The zero-order valence-corrected chi connectivity index (χ0v) is 11.5. The van der Waals surface area contributed by atoms with Gasteiger partial charge in [-0.3, -0.25) is 14.9 Å². The average Bonchev–Trinajstić information content (AvgIpc) is 3.02. The van der Waals surface area contributed by atoms with Gasteiger partial charge < -0.3 is 5.32 Å². The zero-order valence-electron chi connectivity index (χ0n) is 11.5. The summed E-state index contributed by atoms with van der Waals surface area (Å²) in [5.74, 6) is -0.173. The number of anilines is 1. The number of nitrogens with one attached hydrogen (secondary N) is 2. The van der Waals surface area contributed by atoms with Crippen molar-refractivity contribution in [3.63, 3.8) is 0 Å². The second-order valence-corrected chi connectivity index (χ2v) is 4.76. The van der Waals surface area contributed by atoms with Crippen molar-refractivity contribution in [2.24, 2.45) is 0 Å². The molecule has 3 aromatic rings. The van der Waals surface area contributed by atoms with Crippen LogP contribution in [-0.2, 0) is 0 Å². The third-order valence-corrected chi connectivity index (χ3v) is 3.07. The molecule has 0 unspecified atom stereocenters. The summed E-state index contributed by atoms with van der Waals surface area (Å²) in [7, 11) is 0. The average molecular weight is 278 g/mol. The maximum Gasteiger partial charge on any atom is 0.257 e. The van der Waals surface area contributed by atoms with Gasteiger partial charge in [-0.15, -0.1) is 0 Å². The van der Waals surface area contributed by atoms with Crippen LogP contribution < -0.4 is 5.32 Å². The number of aromatic nitrogens is 3. The van der Waals surface area contributed by atoms with Crippen molar-refractivity contribution in [1.29, 1.82) is 0 Å². The number of amides is 1. The SMILES string of the molecule is Cc1cncc(C(=O)Nc2cccc(-c3ccn[nH]3)c2)c1. The van der Waals surface area contributed by atoms with Gasteiger partial charge in [-0.05, 0) is 36.8 Å². The van der Waals surface area contributed by atoms with Gasteiger partial charge in [0.25, 0.3) is 5.91 Å². The molecule has 0 saturated carbocycles. The van der Waals surface area contributed by atoms with Gasteiger partial charge in [0.05, 0.1) is 11.3 Å². The van der Waals surface area contributed by atoms with Gasteiger partial charge in [0.1, 0.15) is 0 Å². The summed E-state index contributed by atoms with van der Waals surface area (Å²) < 4.78 is 0. The maximum absolute atomic E-state index is 12.2. The predicted molar refractivity (Wildman–Crippen MR) is 81.0 cm³/mol. The summed E-state index contributed by atoms with van der Waals surface area (Å²) in [6.45, 7) is 1.91. The summed E-state index contributed by atoms with van der Waals surface area (Å²) >= 11 is 0. The standard InChI is InChI=1S/C16H14N4O/c1-11-7-13(10-17-9-11)16(21)19-14-4-2-3-12(8-14)15-5-6-18-20-15/h2-10H,1H3,(H,18,20)(H,19,21). The van der Waals surface area contributed by atoms with Crippen molar-refractivity contribution in [1.82, 2.24) is 15.2 Å². The van der Waals surface area contributed by atoms with E-state index < -0.39 is 0 Å². The van der Waals surface area contributed by atoms with E-state index in [0.29, 0.717) is 5.56 Å². The Morgan fingerprint density at radius 1 is 1.19 bits per heavy atom. The minimum absolute atomic E-state index is 0.173. The predicted octanol–water partition coefficient (Wildman–Crippen LogP) is 3.03. The molecule has 1 aromatic carbocycles. The van der Waals surface area contributed by atoms with Crippen LogP contribution in [0.3, 0.4) is 0 Å². The van der Waals surface area contributed by atoms with E-state index in [1.807, 2.05) is 37.3 Å². The molecule has 0 atom stereocenters. The third kappa shape index (κ3) is 2.97. The van der Waals surface area contributed by atoms with Crippen molar-refractivity contribution < 1.29 is 4.79 Å². The number of aryl methyl sites for hydroxylation is 1. The molecule has 2 heterocycles. The number of carbonyl (C=O) groups excluding carboxylic acids is 1. The van der Waals surface area contributed by atoms with Crippen LogP contribution >= 0.6 is 0 Å². The van der Waals surface area contributed by atoms with Crippen molar-refractivity contribution in [2.75, 3.05) is 5.32 Å². The molecule has 104 valence electrons. The normalized spacial score (nSPS) is 10.3. The number of hydrogen-bond donors (Lipinski definition) is 2. The first-order valence-electron chi connectivity index (χ1n) is 6.55. The molecule has 5 nitrogen and oxygen atoms in total. The number of carbonyl (C=O) groups is 1. The molecule has 0 aliphatic heterocycles. The highest BCUT2D eigenvalue weighted by Crippen LogP contribution is 2.20. The molecule has 21 heavy (non-hydrogen) atoms. The molecule has 0 aliphatic rings. The number of rotatable bonds is 3. The first-order chi connectivity index (χ1) is 10.2. The van der Waals surface area contributed by atoms with Gasteiger partial charge in [0.15, 0.2) is 0 Å². The molecule has 0 spiro atoms. The second kappa shape index (κ2) is 5.58. The lowest BCUT2D eigenvalue weighted by atomic mass is 10.1. The Kier molecular flexibility index (Phi) is 3.47. The molecule has 2 N–H and O–H groups in total. The highest BCUT2D eigenvalue weighted by atomic mass is 16.1. The van der Waals surface area contributed by atoms with E-state index in [9.17, 15) is 4.79 Å². The van der Waals surface area contributed by atoms with E-state index in [0.717, 1.165) is 22.5 Å². The molecule has 1 amide bonds. The summed E-state index contributed by atoms with van der Waals surface area (Å²) in [6, 6.07) is 11.3. The minimum Gasteiger partial charge on any atom is -0.322 e. The number of pyridine rings is 1. The van der Waals surface area contributed by atoms with Gasteiger partial charge in [0.2, 0.25) is 0 Å². The Balaban J connectivity index is 1.82. The molecule has 0 fully saturated rings. The van der Waals surface area contributed by atoms with E-state index in [1.165, 1.54) is 0 Å². The van der Waals surface area contributed by atoms with Crippen LogP contribution in [0, 0.1) is 6.92 Å². The Labute approximate surface area is 122 Å². The molecule has 0 radical (unpaired) electrons. The van der Waals surface area contributed by atoms with Crippen molar-refractivity contribution in [3.05, 3.63) is 66.1 Å². The van der Waals surface area contributed by atoms with E-state index in [2.05, 4.69) is 20.5 Å². The molecular formula is C16H14N4O. The molecule has 5 heteroatoms. The number of aromatic amines is 1. The summed E-state index contributed by atoms with van der Waals surface area (Å²) in [4.78, 5) is 16.2. The van der Waals surface area contributed by atoms with Crippen LogP contribution in [0.25, 0.3) is 11.3 Å². The third-order valence-electron chi connectivity index (χ3n) is 3.07. The number of benzene rings is 1. The lowest BCUT2D eigenvalue weighted by Gasteiger charge is -2.07. The van der Waals surface area contributed by atoms with Gasteiger partial charge >= 0.3 is 0 Å². The van der Waals surface area contributed by atoms with E-state index >= 15 is 0 Å². The van der Waals surface area contributed by atoms with Gasteiger partial charge in [0, 0.05) is 29.8 Å². The van der Waals surface area contributed by atoms with Gasteiger partial charge in [-0.2, -0.15) is 5.10 Å². The topological polar surface area (TPSA) is 70.7 Å². The highest BCUT2D eigenvalue weighted by Gasteiger charge is 2.07. The Hall–Kier alpha value is -2.95. The molecular weight excluding hydrogens is 264 g/mol. The fraction of sp³-hybridized carbons (Fsp3) is 0.0625. The van der Waals surface area contributed by atoms with Crippen LogP contribution in [0.1, 0.15) is 15.9 Å². The van der Waals surface area contributed by atoms with Crippen molar-refractivity contribution >= 4 is 11.6 Å². The molecule has 0 aliphatic carbocycles. The monoisotopic (exact) mass is 278 g/mol. The Bertz CT molecular complexity index is 765. The maximum atomic E-state index is 12.2. The molecule has 0 bridgehead atoms. The zero-order chi connectivity index (χ0) is 14.7. The minimum atomic E-state index is -0.173. The van der Waals surface area contributed by atoms with Crippen LogP contribution in [0.5, 0.6) is 0 Å². The van der Waals surface area contributed by atoms with E-state index in [1.54, 1.807) is 24.7 Å².